The molecule has 3 heteroatoms. The molecule has 1 atom stereocenters. The number of aliphatic hydroxyl groups excluding tert-OH is 1. The van der Waals surface area contributed by atoms with Gasteiger partial charge in [0.15, 0.2) is 0 Å². The van der Waals surface area contributed by atoms with Crippen molar-refractivity contribution in [1.29, 1.82) is 0 Å². The van der Waals surface area contributed by atoms with Crippen LogP contribution in [0.1, 0.15) is 39.5 Å². The van der Waals surface area contributed by atoms with Crippen LogP contribution in [0.5, 0.6) is 0 Å². The van der Waals surface area contributed by atoms with E-state index in [1.807, 2.05) is 0 Å². The zero-order valence-corrected chi connectivity index (χ0v) is 10.9. The van der Waals surface area contributed by atoms with E-state index >= 15 is 0 Å². The number of rotatable bonds is 7. The molecule has 0 spiro atoms. The summed E-state index contributed by atoms with van der Waals surface area (Å²) in [5.74, 6) is 0.796. The Morgan fingerprint density at radius 3 is 2.69 bits per heavy atom. The Balaban J connectivity index is 1.91. The first-order valence-corrected chi connectivity index (χ1v) is 6.83. The molecule has 1 aliphatic heterocycles. The highest BCUT2D eigenvalue weighted by Crippen LogP contribution is 2.09. The normalized spacial score (nSPS) is 21.2. The van der Waals surface area contributed by atoms with Gasteiger partial charge in [-0.3, -0.25) is 0 Å². The van der Waals surface area contributed by atoms with Crippen molar-refractivity contribution in [2.45, 2.75) is 45.6 Å². The topological polar surface area (TPSA) is 35.5 Å². The van der Waals surface area contributed by atoms with E-state index in [0.29, 0.717) is 0 Å². The lowest BCUT2D eigenvalue weighted by molar-refractivity contribution is 0.0821. The fraction of sp³-hybridized carbons (Fsp3) is 1.00. The minimum Gasteiger partial charge on any atom is -0.393 e. The van der Waals surface area contributed by atoms with Gasteiger partial charge >= 0.3 is 0 Å². The molecule has 0 saturated carbocycles. The second kappa shape index (κ2) is 8.04. The number of nitrogens with zero attached hydrogens (tertiary/aromatic N) is 1. The maximum Gasteiger partial charge on any atom is 0.0564 e. The van der Waals surface area contributed by atoms with Crippen LogP contribution in [-0.2, 0) is 0 Å². The highest BCUT2D eigenvalue weighted by atomic mass is 16.3. The average molecular weight is 228 g/mol. The smallest absolute Gasteiger partial charge is 0.0564 e. The standard InChI is InChI=1S/C13H28N2O/c1-3-12(2)11-14-7-4-8-15-9-5-13(16)6-10-15/h12-14,16H,3-11H2,1-2H3. The fourth-order valence-electron chi connectivity index (χ4n) is 2.06. The lowest BCUT2D eigenvalue weighted by atomic mass is 10.1. The van der Waals surface area contributed by atoms with E-state index in [0.717, 1.165) is 44.9 Å². The molecule has 0 bridgehead atoms. The van der Waals surface area contributed by atoms with Gasteiger partial charge in [0.2, 0.25) is 0 Å². The van der Waals surface area contributed by atoms with E-state index in [4.69, 9.17) is 0 Å². The summed E-state index contributed by atoms with van der Waals surface area (Å²) in [6.45, 7) is 10.1. The van der Waals surface area contributed by atoms with E-state index in [2.05, 4.69) is 24.1 Å². The molecule has 3 nitrogen and oxygen atoms in total. The lowest BCUT2D eigenvalue weighted by Gasteiger charge is -2.29. The molecule has 96 valence electrons. The Labute approximate surface area is 100 Å². The number of hydrogen-bond acceptors (Lipinski definition) is 3. The van der Waals surface area contributed by atoms with Crippen LogP contribution >= 0.6 is 0 Å². The van der Waals surface area contributed by atoms with E-state index in [1.165, 1.54) is 19.4 Å². The zero-order valence-electron chi connectivity index (χ0n) is 10.9. The van der Waals surface area contributed by atoms with Crippen LogP contribution in [0.3, 0.4) is 0 Å². The summed E-state index contributed by atoms with van der Waals surface area (Å²) in [5.41, 5.74) is 0. The van der Waals surface area contributed by atoms with E-state index in [1.54, 1.807) is 0 Å². The van der Waals surface area contributed by atoms with Gasteiger partial charge in [0, 0.05) is 13.1 Å². The van der Waals surface area contributed by atoms with Gasteiger partial charge in [-0.2, -0.15) is 0 Å². The summed E-state index contributed by atoms with van der Waals surface area (Å²) in [6, 6.07) is 0. The average Bonchev–Trinajstić information content (AvgIpc) is 2.31. The monoisotopic (exact) mass is 228 g/mol. The Bertz CT molecular complexity index is 167. The number of piperidine rings is 1. The van der Waals surface area contributed by atoms with Crippen molar-refractivity contribution in [2.24, 2.45) is 5.92 Å². The number of nitrogens with one attached hydrogen (secondary N) is 1. The summed E-state index contributed by atoms with van der Waals surface area (Å²) in [7, 11) is 0. The first-order valence-electron chi connectivity index (χ1n) is 6.83. The molecule has 1 fully saturated rings. The van der Waals surface area contributed by atoms with Gasteiger partial charge in [0.05, 0.1) is 6.10 Å². The van der Waals surface area contributed by atoms with Crippen LogP contribution in [0.15, 0.2) is 0 Å². The minimum absolute atomic E-state index is 0.0419. The van der Waals surface area contributed by atoms with Crippen LogP contribution in [0.2, 0.25) is 0 Å². The van der Waals surface area contributed by atoms with Gasteiger partial charge < -0.3 is 15.3 Å². The van der Waals surface area contributed by atoms with Crippen LogP contribution in [0, 0.1) is 5.92 Å². The largest absolute Gasteiger partial charge is 0.393 e. The summed E-state index contributed by atoms with van der Waals surface area (Å²) < 4.78 is 0. The third kappa shape index (κ3) is 5.83. The van der Waals surface area contributed by atoms with Crippen LogP contribution in [-0.4, -0.2) is 48.8 Å². The zero-order chi connectivity index (χ0) is 11.8. The Kier molecular flexibility index (Phi) is 7.01. The molecule has 1 saturated heterocycles. The highest BCUT2D eigenvalue weighted by Gasteiger charge is 2.15. The molecule has 2 N–H and O–H groups in total. The molecular formula is C13H28N2O. The molecule has 1 unspecified atom stereocenters. The molecule has 0 radical (unpaired) electrons. The van der Waals surface area contributed by atoms with Crippen molar-refractivity contribution in [3.8, 4) is 0 Å². The Morgan fingerprint density at radius 2 is 2.06 bits per heavy atom. The maximum atomic E-state index is 9.39. The quantitative estimate of drug-likeness (QED) is 0.648. The van der Waals surface area contributed by atoms with Crippen molar-refractivity contribution in [3.63, 3.8) is 0 Å². The van der Waals surface area contributed by atoms with E-state index < -0.39 is 0 Å². The summed E-state index contributed by atoms with van der Waals surface area (Å²) in [4.78, 5) is 2.47. The van der Waals surface area contributed by atoms with Crippen molar-refractivity contribution in [3.05, 3.63) is 0 Å². The minimum atomic E-state index is -0.0419. The van der Waals surface area contributed by atoms with Crippen molar-refractivity contribution < 1.29 is 5.11 Å². The van der Waals surface area contributed by atoms with Gasteiger partial charge in [-0.25, -0.2) is 0 Å². The second-order valence-electron chi connectivity index (χ2n) is 5.14. The molecule has 0 aliphatic carbocycles. The molecule has 0 aromatic heterocycles. The summed E-state index contributed by atoms with van der Waals surface area (Å²) >= 11 is 0. The fourth-order valence-corrected chi connectivity index (χ4v) is 2.06. The summed E-state index contributed by atoms with van der Waals surface area (Å²) in [6.07, 6.45) is 4.37. The predicted octanol–water partition coefficient (Wildman–Crippen LogP) is 1.47. The molecule has 16 heavy (non-hydrogen) atoms. The SMILES string of the molecule is CCC(C)CNCCCN1CCC(O)CC1. The van der Waals surface area contributed by atoms with Crippen LogP contribution in [0.25, 0.3) is 0 Å². The Hall–Kier alpha value is -0.120. The summed E-state index contributed by atoms with van der Waals surface area (Å²) in [5, 5.41) is 12.9. The number of hydrogen-bond donors (Lipinski definition) is 2. The van der Waals surface area contributed by atoms with Crippen molar-refractivity contribution >= 4 is 0 Å². The molecule has 1 heterocycles. The number of aliphatic hydroxyl groups is 1. The second-order valence-corrected chi connectivity index (χ2v) is 5.14. The Morgan fingerprint density at radius 1 is 1.38 bits per heavy atom. The van der Waals surface area contributed by atoms with Gasteiger partial charge in [-0.05, 0) is 44.8 Å². The number of likely N-dealkylation sites (tertiary alicyclic amines) is 1. The van der Waals surface area contributed by atoms with Gasteiger partial charge in [0.25, 0.3) is 0 Å². The van der Waals surface area contributed by atoms with Gasteiger partial charge in [0.1, 0.15) is 0 Å². The van der Waals surface area contributed by atoms with E-state index in [9.17, 15) is 5.11 Å². The molecule has 0 aromatic carbocycles. The molecule has 1 rings (SSSR count). The van der Waals surface area contributed by atoms with Gasteiger partial charge in [-0.15, -0.1) is 0 Å². The molecular weight excluding hydrogens is 200 g/mol. The third-order valence-corrected chi connectivity index (χ3v) is 3.57. The predicted molar refractivity (Wildman–Crippen MR) is 68.6 cm³/mol. The maximum absolute atomic E-state index is 9.39. The van der Waals surface area contributed by atoms with Gasteiger partial charge in [-0.1, -0.05) is 20.3 Å². The van der Waals surface area contributed by atoms with Crippen LogP contribution in [0.4, 0.5) is 0 Å². The first kappa shape index (κ1) is 13.9. The lowest BCUT2D eigenvalue weighted by Crippen LogP contribution is -2.37. The molecule has 0 aromatic rings. The highest BCUT2D eigenvalue weighted by molar-refractivity contribution is 4.71. The van der Waals surface area contributed by atoms with Crippen LogP contribution < -0.4 is 5.32 Å². The van der Waals surface area contributed by atoms with Crippen molar-refractivity contribution in [1.82, 2.24) is 10.2 Å². The first-order chi connectivity index (χ1) is 7.72. The van der Waals surface area contributed by atoms with Crippen molar-refractivity contribution in [2.75, 3.05) is 32.7 Å². The third-order valence-electron chi connectivity index (χ3n) is 3.57. The molecule has 1 aliphatic rings. The molecule has 0 amide bonds. The van der Waals surface area contributed by atoms with E-state index in [-0.39, 0.29) is 6.10 Å².